The molecule has 0 aliphatic carbocycles. The van der Waals surface area contributed by atoms with Crippen molar-refractivity contribution in [1.29, 1.82) is 0 Å². The van der Waals surface area contributed by atoms with Crippen LogP contribution in [0, 0.1) is 0 Å². The van der Waals surface area contributed by atoms with Gasteiger partial charge in [0.2, 0.25) is 5.91 Å². The summed E-state index contributed by atoms with van der Waals surface area (Å²) in [6.45, 7) is 0. The van der Waals surface area contributed by atoms with Crippen molar-refractivity contribution in [2.75, 3.05) is 0 Å². The fourth-order valence-corrected chi connectivity index (χ4v) is 2.17. The van der Waals surface area contributed by atoms with Crippen molar-refractivity contribution in [3.63, 3.8) is 0 Å². The summed E-state index contributed by atoms with van der Waals surface area (Å²) in [6, 6.07) is 9.06. The molecule has 5 heteroatoms. The summed E-state index contributed by atoms with van der Waals surface area (Å²) in [7, 11) is 0. The van der Waals surface area contributed by atoms with Crippen LogP contribution in [0.5, 0.6) is 0 Å². The molecular formula is C14H11N2O2S. The van der Waals surface area contributed by atoms with Crippen molar-refractivity contribution in [2.24, 2.45) is 0 Å². The van der Waals surface area contributed by atoms with Crippen LogP contribution in [0.1, 0.15) is 10.6 Å². The molecular weight excluding hydrogens is 260 g/mol. The minimum absolute atomic E-state index is 0.0836. The zero-order valence-electron chi connectivity index (χ0n) is 10.00. The Morgan fingerprint density at radius 2 is 2.26 bits per heavy atom. The highest BCUT2D eigenvalue weighted by Gasteiger charge is 2.07. The van der Waals surface area contributed by atoms with E-state index in [4.69, 9.17) is 0 Å². The number of nitrogens with zero attached hydrogens (tertiary/aromatic N) is 1. The highest BCUT2D eigenvalue weighted by Crippen LogP contribution is 2.09. The molecule has 0 aliphatic rings. The lowest BCUT2D eigenvalue weighted by atomic mass is 10.3. The molecule has 0 fully saturated rings. The fourth-order valence-electron chi connectivity index (χ4n) is 1.47. The minimum atomic E-state index is -0.243. The summed E-state index contributed by atoms with van der Waals surface area (Å²) >= 11 is 1.50. The molecule has 0 saturated carbocycles. The van der Waals surface area contributed by atoms with E-state index < -0.39 is 0 Å². The Kier molecular flexibility index (Phi) is 4.58. The van der Waals surface area contributed by atoms with Crippen molar-refractivity contribution in [2.45, 2.75) is 6.42 Å². The van der Waals surface area contributed by atoms with Crippen LogP contribution in [-0.2, 0) is 16.0 Å². The smallest absolute Gasteiger partial charge is 0.251 e. The zero-order valence-corrected chi connectivity index (χ0v) is 10.8. The molecule has 0 spiro atoms. The number of allylic oxidation sites excluding steroid dienone is 1. The summed E-state index contributed by atoms with van der Waals surface area (Å²) < 4.78 is 0. The van der Waals surface area contributed by atoms with Gasteiger partial charge in [-0.05, 0) is 29.7 Å². The van der Waals surface area contributed by atoms with Gasteiger partial charge < -0.3 is 5.32 Å². The highest BCUT2D eigenvalue weighted by molar-refractivity contribution is 7.10. The molecule has 2 aromatic heterocycles. The van der Waals surface area contributed by atoms with Crippen LogP contribution in [0.25, 0.3) is 6.08 Å². The number of hydrogen-bond donors (Lipinski definition) is 1. The molecule has 95 valence electrons. The maximum absolute atomic E-state index is 11.7. The number of hydrogen-bond acceptors (Lipinski definition) is 4. The minimum Gasteiger partial charge on any atom is -0.322 e. The predicted molar refractivity (Wildman–Crippen MR) is 74.1 cm³/mol. The molecule has 1 N–H and O–H groups in total. The Balaban J connectivity index is 2.01. The Hall–Kier alpha value is -2.27. The molecule has 1 radical (unpaired) electrons. The first-order valence-electron chi connectivity index (χ1n) is 5.61. The average molecular weight is 271 g/mol. The number of nitrogens with one attached hydrogen (secondary N) is 1. The SMILES string of the molecule is O=[C]C(=Cc1ccccn1)NC(=O)Cc1cccs1. The summed E-state index contributed by atoms with van der Waals surface area (Å²) in [4.78, 5) is 27.5. The monoisotopic (exact) mass is 271 g/mol. The lowest BCUT2D eigenvalue weighted by Gasteiger charge is -2.02. The van der Waals surface area contributed by atoms with E-state index in [0.29, 0.717) is 5.69 Å². The topological polar surface area (TPSA) is 59.1 Å². The number of carbonyl (C=O) groups excluding carboxylic acids is 2. The van der Waals surface area contributed by atoms with Crippen LogP contribution < -0.4 is 5.32 Å². The van der Waals surface area contributed by atoms with Crippen molar-refractivity contribution >= 4 is 29.6 Å². The number of pyridine rings is 1. The van der Waals surface area contributed by atoms with Gasteiger partial charge in [0.05, 0.1) is 17.8 Å². The van der Waals surface area contributed by atoms with Crippen molar-refractivity contribution in [3.05, 3.63) is 58.2 Å². The van der Waals surface area contributed by atoms with E-state index in [2.05, 4.69) is 10.3 Å². The third-order valence-electron chi connectivity index (χ3n) is 2.28. The molecule has 0 saturated heterocycles. The van der Waals surface area contributed by atoms with Crippen molar-refractivity contribution in [1.82, 2.24) is 10.3 Å². The van der Waals surface area contributed by atoms with E-state index in [0.717, 1.165) is 4.88 Å². The quantitative estimate of drug-likeness (QED) is 0.846. The molecule has 0 bridgehead atoms. The summed E-state index contributed by atoms with van der Waals surface area (Å²) in [5.41, 5.74) is 0.678. The van der Waals surface area contributed by atoms with Gasteiger partial charge in [0, 0.05) is 11.1 Å². The van der Waals surface area contributed by atoms with Gasteiger partial charge in [-0.2, -0.15) is 0 Å². The highest BCUT2D eigenvalue weighted by atomic mass is 32.1. The van der Waals surface area contributed by atoms with Gasteiger partial charge in [-0.15, -0.1) is 11.3 Å². The van der Waals surface area contributed by atoms with E-state index in [1.165, 1.54) is 17.4 Å². The second kappa shape index (κ2) is 6.61. The third-order valence-corrected chi connectivity index (χ3v) is 3.16. The number of rotatable bonds is 5. The van der Waals surface area contributed by atoms with Crippen molar-refractivity contribution in [3.8, 4) is 0 Å². The molecule has 0 aliphatic heterocycles. The maximum Gasteiger partial charge on any atom is 0.251 e. The first-order valence-corrected chi connectivity index (χ1v) is 6.49. The van der Waals surface area contributed by atoms with Gasteiger partial charge in [-0.25, -0.2) is 0 Å². The van der Waals surface area contributed by atoms with Gasteiger partial charge in [-0.3, -0.25) is 14.6 Å². The van der Waals surface area contributed by atoms with Crippen LogP contribution in [0.2, 0.25) is 0 Å². The Morgan fingerprint density at radius 1 is 1.37 bits per heavy atom. The zero-order chi connectivity index (χ0) is 13.5. The summed E-state index contributed by atoms with van der Waals surface area (Å²) in [5, 5.41) is 4.42. The number of amides is 1. The largest absolute Gasteiger partial charge is 0.322 e. The second-order valence-corrected chi connectivity index (χ2v) is 4.75. The van der Waals surface area contributed by atoms with Crippen molar-refractivity contribution < 1.29 is 9.59 Å². The van der Waals surface area contributed by atoms with Crippen LogP contribution in [0.3, 0.4) is 0 Å². The van der Waals surface area contributed by atoms with Crippen LogP contribution >= 0.6 is 11.3 Å². The lowest BCUT2D eigenvalue weighted by Crippen LogP contribution is -2.24. The van der Waals surface area contributed by atoms with Crippen LogP contribution in [0.15, 0.2) is 47.6 Å². The Bertz CT molecular complexity index is 577. The van der Waals surface area contributed by atoms with Crippen LogP contribution in [-0.4, -0.2) is 17.2 Å². The third kappa shape index (κ3) is 4.15. The van der Waals surface area contributed by atoms with Crippen LogP contribution in [0.4, 0.5) is 0 Å². The number of carbonyl (C=O) groups is 1. The van der Waals surface area contributed by atoms with Gasteiger partial charge in [0.25, 0.3) is 6.29 Å². The molecule has 0 unspecified atom stereocenters. The number of thiophene rings is 1. The molecule has 2 aromatic rings. The number of aromatic nitrogens is 1. The lowest BCUT2D eigenvalue weighted by molar-refractivity contribution is -0.119. The second-order valence-electron chi connectivity index (χ2n) is 3.72. The standard InChI is InChI=1S/C14H11N2O2S/c17-10-12(8-11-4-1-2-6-15-11)16-14(18)9-13-5-3-7-19-13/h1-8H,9H2,(H,16,18). The fraction of sp³-hybridized carbons (Fsp3) is 0.0714. The molecule has 0 aromatic carbocycles. The summed E-state index contributed by atoms with van der Waals surface area (Å²) in [6.07, 6.45) is 5.05. The Labute approximate surface area is 114 Å². The van der Waals surface area contributed by atoms with E-state index in [1.807, 2.05) is 17.5 Å². The molecule has 4 nitrogen and oxygen atoms in total. The van der Waals surface area contributed by atoms with Gasteiger partial charge >= 0.3 is 0 Å². The summed E-state index contributed by atoms with van der Waals surface area (Å²) in [5.74, 6) is -0.243. The molecule has 2 rings (SSSR count). The normalized spacial score (nSPS) is 11.1. The van der Waals surface area contributed by atoms with Gasteiger partial charge in [0.15, 0.2) is 0 Å². The Morgan fingerprint density at radius 3 is 2.89 bits per heavy atom. The van der Waals surface area contributed by atoms with E-state index in [9.17, 15) is 9.59 Å². The van der Waals surface area contributed by atoms with Gasteiger partial charge in [0.1, 0.15) is 0 Å². The first-order chi connectivity index (χ1) is 9.28. The maximum atomic E-state index is 11.7. The molecule has 1 amide bonds. The molecule has 2 heterocycles. The first kappa shape index (κ1) is 13.2. The van der Waals surface area contributed by atoms with Gasteiger partial charge in [-0.1, -0.05) is 12.1 Å². The molecule has 19 heavy (non-hydrogen) atoms. The molecule has 0 atom stereocenters. The predicted octanol–water partition coefficient (Wildman–Crippen LogP) is 1.95. The average Bonchev–Trinajstić information content (AvgIpc) is 2.92. The van der Waals surface area contributed by atoms with E-state index in [1.54, 1.807) is 30.7 Å². The van der Waals surface area contributed by atoms with E-state index in [-0.39, 0.29) is 18.0 Å². The van der Waals surface area contributed by atoms with E-state index >= 15 is 0 Å².